The van der Waals surface area contributed by atoms with Crippen LogP contribution in [0.2, 0.25) is 10.0 Å². The molecule has 0 atom stereocenters. The fourth-order valence-electron chi connectivity index (χ4n) is 2.61. The van der Waals surface area contributed by atoms with Crippen molar-refractivity contribution in [3.8, 4) is 10.4 Å². The largest absolute Gasteiger partial charge is 0.309 e. The second-order valence-electron chi connectivity index (χ2n) is 6.18. The van der Waals surface area contributed by atoms with Crippen LogP contribution < -0.4 is 5.36 Å². The van der Waals surface area contributed by atoms with Gasteiger partial charge < -0.3 is 4.90 Å². The maximum atomic E-state index is 6.21. The molecule has 130 valence electrons. The first-order valence-corrected chi connectivity index (χ1v) is 9.75. The second kappa shape index (κ2) is 8.33. The summed E-state index contributed by atoms with van der Waals surface area (Å²) in [4.78, 5) is 8.20. The molecule has 0 radical (unpaired) electrons. The topological polar surface area (TPSA) is 15.6 Å². The molecule has 25 heavy (non-hydrogen) atoms. The smallest absolute Gasteiger partial charge is 0.0675 e. The summed E-state index contributed by atoms with van der Waals surface area (Å²) in [5, 5.41) is 3.60. The molecule has 0 saturated carbocycles. The third kappa shape index (κ3) is 4.83. The van der Waals surface area contributed by atoms with Crippen molar-refractivity contribution in [2.45, 2.75) is 6.42 Å². The Morgan fingerprint density at radius 2 is 1.68 bits per heavy atom. The summed E-state index contributed by atoms with van der Waals surface area (Å²) in [5.41, 5.74) is 1.15. The molecule has 0 N–H and O–H groups in total. The Labute approximate surface area is 162 Å². The molecule has 3 aromatic rings. The van der Waals surface area contributed by atoms with Gasteiger partial charge in [0.15, 0.2) is 0 Å². The van der Waals surface area contributed by atoms with Crippen LogP contribution in [0, 0.1) is 0 Å². The zero-order valence-electron chi connectivity index (χ0n) is 14.3. The van der Waals surface area contributed by atoms with E-state index in [2.05, 4.69) is 31.1 Å². The predicted molar refractivity (Wildman–Crippen MR) is 111 cm³/mol. The number of rotatable bonds is 5. The van der Waals surface area contributed by atoms with E-state index in [1.54, 1.807) is 11.3 Å². The number of halogens is 2. The molecule has 0 unspecified atom stereocenters. The second-order valence-corrected chi connectivity index (χ2v) is 8.14. The Hall–Kier alpha value is -1.39. The van der Waals surface area contributed by atoms with Gasteiger partial charge in [-0.1, -0.05) is 35.3 Å². The Kier molecular flexibility index (Phi) is 6.13. The maximum Gasteiger partial charge on any atom is 0.0675 e. The summed E-state index contributed by atoms with van der Waals surface area (Å²) in [6, 6.07) is 16.1. The van der Waals surface area contributed by atoms with E-state index >= 15 is 0 Å². The number of benzene rings is 2. The Bertz CT molecular complexity index is 931. The minimum absolute atomic E-state index is 0.740. The predicted octanol–water partition coefficient (Wildman–Crippen LogP) is 5.73. The normalized spacial score (nSPS) is 12.3. The number of hydrogen-bond acceptors (Lipinski definition) is 3. The molecule has 1 aromatic heterocycles. The molecule has 0 saturated heterocycles. The highest BCUT2D eigenvalue weighted by Gasteiger charge is 2.05. The van der Waals surface area contributed by atoms with E-state index in [1.807, 2.05) is 36.4 Å². The minimum Gasteiger partial charge on any atom is -0.309 e. The van der Waals surface area contributed by atoms with Gasteiger partial charge in [0, 0.05) is 31.6 Å². The average molecular weight is 391 g/mol. The van der Waals surface area contributed by atoms with Gasteiger partial charge in [-0.25, -0.2) is 0 Å². The van der Waals surface area contributed by atoms with Crippen LogP contribution in [-0.2, 0) is 0 Å². The summed E-state index contributed by atoms with van der Waals surface area (Å²) in [5.74, 6) is 0. The van der Waals surface area contributed by atoms with E-state index in [0.29, 0.717) is 0 Å². The van der Waals surface area contributed by atoms with Gasteiger partial charge in [0.2, 0.25) is 0 Å². The van der Waals surface area contributed by atoms with E-state index < -0.39 is 0 Å². The van der Waals surface area contributed by atoms with Gasteiger partial charge in [-0.2, -0.15) is 0 Å². The maximum absolute atomic E-state index is 6.21. The van der Waals surface area contributed by atoms with Crippen LogP contribution in [0.15, 0.2) is 53.5 Å². The van der Waals surface area contributed by atoms with E-state index in [0.717, 1.165) is 45.9 Å². The lowest BCUT2D eigenvalue weighted by Gasteiger charge is -2.08. The Balaban J connectivity index is 2.06. The standard InChI is InChI=1S/C20H20Cl2N2S/c1-24(2)11-3-10-23-18-13-20(14-4-6-15(21)7-5-14)25-19-9-8-16(22)12-17(18)19/h4-9,12-13H,3,10-11H2,1-2H3. The van der Waals surface area contributed by atoms with Crippen molar-refractivity contribution < 1.29 is 0 Å². The van der Waals surface area contributed by atoms with Gasteiger partial charge in [0.1, 0.15) is 0 Å². The van der Waals surface area contributed by atoms with Crippen LogP contribution in [-0.4, -0.2) is 32.1 Å². The molecular weight excluding hydrogens is 371 g/mol. The first-order chi connectivity index (χ1) is 12.0. The zero-order valence-corrected chi connectivity index (χ0v) is 16.6. The van der Waals surface area contributed by atoms with E-state index in [4.69, 9.17) is 28.2 Å². The van der Waals surface area contributed by atoms with Crippen LogP contribution in [0.5, 0.6) is 0 Å². The third-order valence-electron chi connectivity index (χ3n) is 3.88. The van der Waals surface area contributed by atoms with Gasteiger partial charge in [-0.15, -0.1) is 11.3 Å². The van der Waals surface area contributed by atoms with Gasteiger partial charge in [0.05, 0.1) is 5.36 Å². The summed E-state index contributed by atoms with van der Waals surface area (Å²) in [6.45, 7) is 1.83. The lowest BCUT2D eigenvalue weighted by atomic mass is 10.1. The molecule has 5 heteroatoms. The molecule has 0 amide bonds. The first kappa shape index (κ1) is 18.4. The number of fused-ring (bicyclic) bond motifs is 1. The molecule has 0 aliphatic heterocycles. The van der Waals surface area contributed by atoms with E-state index in [1.165, 1.54) is 9.58 Å². The van der Waals surface area contributed by atoms with Crippen molar-refractivity contribution in [2.75, 3.05) is 27.2 Å². The molecule has 3 rings (SSSR count). The van der Waals surface area contributed by atoms with Crippen LogP contribution in [0.1, 0.15) is 6.42 Å². The van der Waals surface area contributed by atoms with Crippen molar-refractivity contribution >= 4 is 44.6 Å². The molecular formula is C20H20Cl2N2S. The van der Waals surface area contributed by atoms with E-state index in [-0.39, 0.29) is 0 Å². The molecule has 0 aliphatic carbocycles. The van der Waals surface area contributed by atoms with Crippen molar-refractivity contribution in [3.63, 3.8) is 0 Å². The molecule has 1 heterocycles. The third-order valence-corrected chi connectivity index (χ3v) is 5.52. The minimum atomic E-state index is 0.740. The molecule has 2 nitrogen and oxygen atoms in total. The van der Waals surface area contributed by atoms with Crippen molar-refractivity contribution in [3.05, 3.63) is 63.9 Å². The van der Waals surface area contributed by atoms with Gasteiger partial charge in [-0.05, 0) is 69.0 Å². The summed E-state index contributed by atoms with van der Waals surface area (Å²) >= 11 is 14.0. The fraction of sp³-hybridized carbons (Fsp3) is 0.250. The Morgan fingerprint density at radius 3 is 2.40 bits per heavy atom. The fourth-order valence-corrected chi connectivity index (χ4v) is 3.98. The van der Waals surface area contributed by atoms with Crippen LogP contribution in [0.3, 0.4) is 0 Å². The van der Waals surface area contributed by atoms with Gasteiger partial charge >= 0.3 is 0 Å². The first-order valence-electron chi connectivity index (χ1n) is 8.17. The number of nitrogens with zero attached hydrogens (tertiary/aromatic N) is 2. The highest BCUT2D eigenvalue weighted by molar-refractivity contribution is 7.21. The van der Waals surface area contributed by atoms with E-state index in [9.17, 15) is 0 Å². The molecule has 2 aromatic carbocycles. The van der Waals surface area contributed by atoms with Crippen LogP contribution in [0.25, 0.3) is 20.5 Å². The molecule has 0 aliphatic rings. The molecule has 0 fully saturated rings. The lowest BCUT2D eigenvalue weighted by Crippen LogP contribution is -2.14. The quantitative estimate of drug-likeness (QED) is 0.508. The SMILES string of the molecule is CN(C)CCCN=c1cc(-c2ccc(Cl)cc2)sc2ccc(Cl)cc12. The van der Waals surface area contributed by atoms with Crippen LogP contribution in [0.4, 0.5) is 0 Å². The highest BCUT2D eigenvalue weighted by atomic mass is 35.5. The molecule has 0 spiro atoms. The van der Waals surface area contributed by atoms with Crippen molar-refractivity contribution in [1.82, 2.24) is 4.90 Å². The summed E-state index contributed by atoms with van der Waals surface area (Å²) < 4.78 is 1.18. The van der Waals surface area contributed by atoms with Crippen LogP contribution >= 0.6 is 34.5 Å². The monoisotopic (exact) mass is 390 g/mol. The zero-order chi connectivity index (χ0) is 17.8. The Morgan fingerprint density at radius 1 is 0.960 bits per heavy atom. The van der Waals surface area contributed by atoms with Crippen molar-refractivity contribution in [2.24, 2.45) is 4.99 Å². The highest BCUT2D eigenvalue weighted by Crippen LogP contribution is 2.30. The number of hydrogen-bond donors (Lipinski definition) is 0. The average Bonchev–Trinajstić information content (AvgIpc) is 2.59. The van der Waals surface area contributed by atoms with Gasteiger partial charge in [-0.3, -0.25) is 4.99 Å². The van der Waals surface area contributed by atoms with Crippen molar-refractivity contribution in [1.29, 1.82) is 0 Å². The summed E-state index contributed by atoms with van der Waals surface area (Å²) in [7, 11) is 4.16. The lowest BCUT2D eigenvalue weighted by molar-refractivity contribution is 0.403. The van der Waals surface area contributed by atoms with Gasteiger partial charge in [0.25, 0.3) is 0 Å². The molecule has 0 bridgehead atoms. The summed E-state index contributed by atoms with van der Waals surface area (Å²) in [6.07, 6.45) is 1.03.